The van der Waals surface area contributed by atoms with Crippen molar-refractivity contribution in [2.75, 3.05) is 0 Å². The minimum atomic E-state index is -1.58. The summed E-state index contributed by atoms with van der Waals surface area (Å²) in [6, 6.07) is 5.28. The summed E-state index contributed by atoms with van der Waals surface area (Å²) in [6.45, 7) is 10.3. The third kappa shape index (κ3) is 3.01. The van der Waals surface area contributed by atoms with Crippen molar-refractivity contribution in [2.24, 2.45) is 0 Å². The number of aliphatic hydroxyl groups excluding tert-OH is 2. The Morgan fingerprint density at radius 1 is 1.44 bits per heavy atom. The molecular formula is C12H19NO2Si. The first-order valence-electron chi connectivity index (χ1n) is 5.30. The number of rotatable bonds is 4. The van der Waals surface area contributed by atoms with E-state index in [9.17, 15) is 5.11 Å². The zero-order valence-electron chi connectivity index (χ0n) is 10.1. The molecule has 1 unspecified atom stereocenters. The Hall–Kier alpha value is -0.973. The van der Waals surface area contributed by atoms with Gasteiger partial charge in [0.2, 0.25) is 0 Å². The van der Waals surface area contributed by atoms with Gasteiger partial charge in [-0.1, -0.05) is 30.9 Å². The fourth-order valence-electron chi connectivity index (χ4n) is 1.33. The van der Waals surface area contributed by atoms with Gasteiger partial charge in [0.1, 0.15) is 6.10 Å². The predicted molar refractivity (Wildman–Crippen MR) is 67.6 cm³/mol. The summed E-state index contributed by atoms with van der Waals surface area (Å²) < 4.78 is 0. The molecule has 0 radical (unpaired) electrons. The van der Waals surface area contributed by atoms with Crippen molar-refractivity contribution in [3.8, 4) is 0 Å². The van der Waals surface area contributed by atoms with Gasteiger partial charge in [0, 0.05) is 0 Å². The van der Waals surface area contributed by atoms with Crippen LogP contribution in [0, 0.1) is 0 Å². The van der Waals surface area contributed by atoms with Crippen LogP contribution in [0.15, 0.2) is 30.0 Å². The van der Waals surface area contributed by atoms with Gasteiger partial charge in [-0.2, -0.15) is 0 Å². The van der Waals surface area contributed by atoms with E-state index in [-0.39, 0.29) is 6.61 Å². The highest BCUT2D eigenvalue weighted by Gasteiger charge is 2.25. The van der Waals surface area contributed by atoms with Crippen LogP contribution in [0.1, 0.15) is 17.5 Å². The second kappa shape index (κ2) is 4.91. The highest BCUT2D eigenvalue weighted by atomic mass is 28.3. The molecule has 0 aromatic carbocycles. The van der Waals surface area contributed by atoms with Crippen LogP contribution in [0.3, 0.4) is 0 Å². The molecule has 0 saturated carbocycles. The van der Waals surface area contributed by atoms with E-state index in [1.807, 2.05) is 0 Å². The molecule has 0 bridgehead atoms. The molecule has 1 rings (SSSR count). The number of aliphatic hydroxyl groups is 2. The lowest BCUT2D eigenvalue weighted by atomic mass is 10.2. The molecule has 0 aliphatic carbocycles. The minimum absolute atomic E-state index is 0.111. The van der Waals surface area contributed by atoms with Crippen molar-refractivity contribution in [1.82, 2.24) is 4.98 Å². The summed E-state index contributed by atoms with van der Waals surface area (Å²) >= 11 is 0. The first-order chi connectivity index (χ1) is 7.36. The average Bonchev–Trinajstić information content (AvgIpc) is 2.26. The van der Waals surface area contributed by atoms with Gasteiger partial charge in [-0.05, 0) is 12.1 Å². The Balaban J connectivity index is 2.96. The summed E-state index contributed by atoms with van der Waals surface area (Å²) in [5, 5.41) is 20.0. The normalized spacial score (nSPS) is 13.6. The second-order valence-electron chi connectivity index (χ2n) is 4.89. The first-order valence-corrected chi connectivity index (χ1v) is 8.80. The van der Waals surface area contributed by atoms with E-state index in [1.165, 1.54) is 0 Å². The fourth-order valence-corrected chi connectivity index (χ4v) is 2.30. The van der Waals surface area contributed by atoms with E-state index in [0.29, 0.717) is 11.4 Å². The van der Waals surface area contributed by atoms with Crippen molar-refractivity contribution in [2.45, 2.75) is 32.4 Å². The van der Waals surface area contributed by atoms with Crippen molar-refractivity contribution >= 4 is 8.07 Å². The topological polar surface area (TPSA) is 53.4 Å². The molecule has 0 aliphatic rings. The van der Waals surface area contributed by atoms with Gasteiger partial charge < -0.3 is 10.2 Å². The molecule has 0 fully saturated rings. The summed E-state index contributed by atoms with van der Waals surface area (Å²) in [6.07, 6.45) is -0.724. The SMILES string of the molecule is C=C(C(O)c1cccc(CO)n1)[Si](C)(C)C. The lowest BCUT2D eigenvalue weighted by Crippen LogP contribution is -2.28. The number of hydrogen-bond donors (Lipinski definition) is 2. The van der Waals surface area contributed by atoms with Crippen molar-refractivity contribution in [3.63, 3.8) is 0 Å². The monoisotopic (exact) mass is 237 g/mol. The Kier molecular flexibility index (Phi) is 4.01. The lowest BCUT2D eigenvalue weighted by molar-refractivity contribution is 0.216. The van der Waals surface area contributed by atoms with E-state index in [1.54, 1.807) is 18.2 Å². The van der Waals surface area contributed by atoms with Crippen LogP contribution in [0.2, 0.25) is 19.6 Å². The second-order valence-corrected chi connectivity index (χ2v) is 10.0. The number of nitrogens with zero attached hydrogens (tertiary/aromatic N) is 1. The van der Waals surface area contributed by atoms with Crippen molar-refractivity contribution in [3.05, 3.63) is 41.4 Å². The molecule has 3 nitrogen and oxygen atoms in total. The predicted octanol–water partition coefficient (Wildman–Crippen LogP) is 2.04. The Morgan fingerprint density at radius 2 is 2.06 bits per heavy atom. The number of pyridine rings is 1. The maximum absolute atomic E-state index is 10.1. The number of aromatic nitrogens is 1. The molecular weight excluding hydrogens is 218 g/mol. The average molecular weight is 237 g/mol. The molecule has 1 atom stereocenters. The van der Waals surface area contributed by atoms with E-state index in [0.717, 1.165) is 5.20 Å². The van der Waals surface area contributed by atoms with Crippen LogP contribution in [-0.4, -0.2) is 23.3 Å². The van der Waals surface area contributed by atoms with Gasteiger partial charge in [0.15, 0.2) is 0 Å². The summed E-state index contributed by atoms with van der Waals surface area (Å²) in [5.41, 5.74) is 1.14. The zero-order valence-corrected chi connectivity index (χ0v) is 11.1. The molecule has 16 heavy (non-hydrogen) atoms. The Labute approximate surface area is 97.5 Å². The molecule has 88 valence electrons. The zero-order chi connectivity index (χ0) is 12.3. The third-order valence-corrected chi connectivity index (χ3v) is 4.76. The van der Waals surface area contributed by atoms with Gasteiger partial charge in [-0.25, -0.2) is 0 Å². The van der Waals surface area contributed by atoms with Crippen LogP contribution in [0.25, 0.3) is 0 Å². The van der Waals surface area contributed by atoms with Gasteiger partial charge >= 0.3 is 0 Å². The van der Waals surface area contributed by atoms with Gasteiger partial charge in [0.05, 0.1) is 26.1 Å². The quantitative estimate of drug-likeness (QED) is 0.788. The smallest absolute Gasteiger partial charge is 0.113 e. The highest BCUT2D eigenvalue weighted by Crippen LogP contribution is 2.26. The van der Waals surface area contributed by atoms with Crippen molar-refractivity contribution in [1.29, 1.82) is 0 Å². The molecule has 0 amide bonds. The first kappa shape index (κ1) is 13.1. The summed E-state index contributed by atoms with van der Waals surface area (Å²) in [7, 11) is -1.58. The van der Waals surface area contributed by atoms with E-state index in [4.69, 9.17) is 5.11 Å². The van der Waals surface area contributed by atoms with Gasteiger partial charge in [-0.3, -0.25) is 4.98 Å². The van der Waals surface area contributed by atoms with Crippen LogP contribution in [0.5, 0.6) is 0 Å². The minimum Gasteiger partial charge on any atom is -0.390 e. The van der Waals surface area contributed by atoms with Crippen LogP contribution >= 0.6 is 0 Å². The van der Waals surface area contributed by atoms with Crippen molar-refractivity contribution < 1.29 is 10.2 Å². The maximum atomic E-state index is 10.1. The van der Waals surface area contributed by atoms with E-state index < -0.39 is 14.2 Å². The molecule has 1 aromatic rings. The maximum Gasteiger partial charge on any atom is 0.113 e. The molecule has 4 heteroatoms. The van der Waals surface area contributed by atoms with Crippen LogP contribution < -0.4 is 0 Å². The summed E-state index contributed by atoms with van der Waals surface area (Å²) in [5.74, 6) is 0. The lowest BCUT2D eigenvalue weighted by Gasteiger charge is -2.24. The van der Waals surface area contributed by atoms with Crippen LogP contribution in [0.4, 0.5) is 0 Å². The molecule has 0 aliphatic heterocycles. The Bertz CT molecular complexity index is 385. The third-order valence-electron chi connectivity index (χ3n) is 2.56. The largest absolute Gasteiger partial charge is 0.390 e. The van der Waals surface area contributed by atoms with E-state index >= 15 is 0 Å². The summed E-state index contributed by atoms with van der Waals surface area (Å²) in [4.78, 5) is 4.19. The highest BCUT2D eigenvalue weighted by molar-refractivity contribution is 6.83. The Morgan fingerprint density at radius 3 is 2.56 bits per heavy atom. The van der Waals surface area contributed by atoms with Gasteiger partial charge in [0.25, 0.3) is 0 Å². The van der Waals surface area contributed by atoms with E-state index in [2.05, 4.69) is 31.2 Å². The molecule has 0 saturated heterocycles. The standard InChI is InChI=1S/C12H19NO2Si/c1-9(16(2,3)4)12(15)11-7-5-6-10(8-14)13-11/h5-7,12,14-15H,1,8H2,2-4H3. The number of hydrogen-bond acceptors (Lipinski definition) is 3. The fraction of sp³-hybridized carbons (Fsp3) is 0.417. The molecule has 2 N–H and O–H groups in total. The van der Waals surface area contributed by atoms with Gasteiger partial charge in [-0.15, -0.1) is 6.58 Å². The molecule has 1 heterocycles. The molecule has 0 spiro atoms. The molecule has 1 aromatic heterocycles. The van der Waals surface area contributed by atoms with Crippen LogP contribution in [-0.2, 0) is 6.61 Å².